The van der Waals surface area contributed by atoms with Crippen LogP contribution in [0, 0.1) is 29.4 Å². The minimum atomic E-state index is -1.11. The van der Waals surface area contributed by atoms with Crippen molar-refractivity contribution in [1.82, 2.24) is 0 Å². The van der Waals surface area contributed by atoms with Gasteiger partial charge >= 0.3 is 0 Å². The molecule has 0 aliphatic carbocycles. The summed E-state index contributed by atoms with van der Waals surface area (Å²) in [5.41, 5.74) is -0.751. The monoisotopic (exact) mass is 252 g/mol. The minimum Gasteiger partial charge on any atom is -0.378 e. The summed E-state index contributed by atoms with van der Waals surface area (Å²) >= 11 is 0. The molecular formula is C15H18F2O. The van der Waals surface area contributed by atoms with Crippen molar-refractivity contribution >= 4 is 0 Å². The van der Waals surface area contributed by atoms with Gasteiger partial charge in [0.2, 0.25) is 0 Å². The van der Waals surface area contributed by atoms with E-state index in [2.05, 4.69) is 11.8 Å². The Balaban J connectivity index is 2.83. The van der Waals surface area contributed by atoms with Crippen LogP contribution in [0.15, 0.2) is 18.2 Å². The third kappa shape index (κ3) is 4.46. The first kappa shape index (κ1) is 14.7. The Bertz CT molecular complexity index is 469. The van der Waals surface area contributed by atoms with Crippen LogP contribution in [0.5, 0.6) is 0 Å². The molecule has 0 aliphatic heterocycles. The van der Waals surface area contributed by atoms with E-state index in [1.807, 2.05) is 13.8 Å². The second-order valence-electron chi connectivity index (χ2n) is 4.87. The van der Waals surface area contributed by atoms with Crippen LogP contribution in [0.25, 0.3) is 0 Å². The molecule has 0 saturated carbocycles. The zero-order valence-electron chi connectivity index (χ0n) is 10.9. The summed E-state index contributed by atoms with van der Waals surface area (Å²) in [5, 5.41) is 10.1. The normalized spacial score (nSPS) is 15.4. The van der Waals surface area contributed by atoms with E-state index >= 15 is 0 Å². The van der Waals surface area contributed by atoms with Crippen molar-refractivity contribution in [2.45, 2.75) is 39.2 Å². The lowest BCUT2D eigenvalue weighted by Crippen LogP contribution is -2.24. The average molecular weight is 252 g/mol. The van der Waals surface area contributed by atoms with Gasteiger partial charge in [0.1, 0.15) is 5.60 Å². The van der Waals surface area contributed by atoms with E-state index in [0.29, 0.717) is 17.9 Å². The lowest BCUT2D eigenvalue weighted by molar-refractivity contribution is 0.0939. The van der Waals surface area contributed by atoms with Gasteiger partial charge in [-0.05, 0) is 37.5 Å². The van der Waals surface area contributed by atoms with Gasteiger partial charge in [0.05, 0.1) is 0 Å². The van der Waals surface area contributed by atoms with E-state index in [4.69, 9.17) is 0 Å². The summed E-state index contributed by atoms with van der Waals surface area (Å²) in [4.78, 5) is 0. The lowest BCUT2D eigenvalue weighted by Gasteiger charge is -2.20. The second-order valence-corrected chi connectivity index (χ2v) is 4.87. The molecule has 0 radical (unpaired) electrons. The van der Waals surface area contributed by atoms with Gasteiger partial charge in [-0.1, -0.05) is 32.1 Å². The van der Waals surface area contributed by atoms with Gasteiger partial charge in [-0.15, -0.1) is 0 Å². The van der Waals surface area contributed by atoms with Crippen molar-refractivity contribution in [1.29, 1.82) is 0 Å². The number of hydrogen-bond donors (Lipinski definition) is 1. The quantitative estimate of drug-likeness (QED) is 0.816. The molecule has 1 aromatic rings. The first-order chi connectivity index (χ1) is 8.34. The molecule has 0 amide bonds. The number of hydrogen-bond acceptors (Lipinski definition) is 1. The highest BCUT2D eigenvalue weighted by molar-refractivity contribution is 5.36. The SMILES string of the molecule is CCC(C)CC(C)(O)C#Cc1ccc(F)c(F)c1. The highest BCUT2D eigenvalue weighted by Gasteiger charge is 2.19. The molecule has 0 spiro atoms. The molecule has 98 valence electrons. The van der Waals surface area contributed by atoms with E-state index in [1.165, 1.54) is 6.07 Å². The molecule has 1 nitrogen and oxygen atoms in total. The highest BCUT2D eigenvalue weighted by Crippen LogP contribution is 2.18. The summed E-state index contributed by atoms with van der Waals surface area (Å²) in [6.07, 6.45) is 1.52. The van der Waals surface area contributed by atoms with E-state index in [0.717, 1.165) is 18.6 Å². The van der Waals surface area contributed by atoms with Gasteiger partial charge in [0.25, 0.3) is 0 Å². The topological polar surface area (TPSA) is 20.2 Å². The van der Waals surface area contributed by atoms with Crippen LogP contribution in [0.3, 0.4) is 0 Å². The Labute approximate surface area is 107 Å². The van der Waals surface area contributed by atoms with Crippen molar-refractivity contribution in [2.24, 2.45) is 5.92 Å². The van der Waals surface area contributed by atoms with Crippen LogP contribution < -0.4 is 0 Å². The van der Waals surface area contributed by atoms with Crippen molar-refractivity contribution < 1.29 is 13.9 Å². The second kappa shape index (κ2) is 5.97. The third-order valence-corrected chi connectivity index (χ3v) is 2.84. The van der Waals surface area contributed by atoms with E-state index in [-0.39, 0.29) is 0 Å². The van der Waals surface area contributed by atoms with Crippen molar-refractivity contribution in [3.05, 3.63) is 35.4 Å². The Hall–Kier alpha value is -1.40. The minimum absolute atomic E-state index is 0.360. The van der Waals surface area contributed by atoms with Gasteiger partial charge in [0.15, 0.2) is 11.6 Å². The number of rotatable bonds is 3. The molecule has 0 fully saturated rings. The zero-order valence-corrected chi connectivity index (χ0v) is 10.9. The summed E-state index contributed by atoms with van der Waals surface area (Å²) < 4.78 is 25.7. The summed E-state index contributed by atoms with van der Waals surface area (Å²) in [6, 6.07) is 3.45. The fraction of sp³-hybridized carbons (Fsp3) is 0.467. The molecule has 0 saturated heterocycles. The van der Waals surface area contributed by atoms with E-state index in [9.17, 15) is 13.9 Å². The van der Waals surface area contributed by atoms with Crippen LogP contribution in [0.1, 0.15) is 39.2 Å². The third-order valence-electron chi connectivity index (χ3n) is 2.84. The van der Waals surface area contributed by atoms with E-state index < -0.39 is 17.2 Å². The van der Waals surface area contributed by atoms with E-state index in [1.54, 1.807) is 6.92 Å². The van der Waals surface area contributed by atoms with Crippen LogP contribution in [0.2, 0.25) is 0 Å². The summed E-state index contributed by atoms with van der Waals surface area (Å²) in [5.74, 6) is 3.92. The maximum absolute atomic E-state index is 13.0. The fourth-order valence-corrected chi connectivity index (χ4v) is 1.65. The largest absolute Gasteiger partial charge is 0.378 e. The molecule has 3 heteroatoms. The van der Waals surface area contributed by atoms with Crippen LogP contribution in [0.4, 0.5) is 8.78 Å². The molecule has 18 heavy (non-hydrogen) atoms. The van der Waals surface area contributed by atoms with Gasteiger partial charge in [0, 0.05) is 5.56 Å². The van der Waals surface area contributed by atoms with Crippen molar-refractivity contribution in [3.63, 3.8) is 0 Å². The summed E-state index contributed by atoms with van der Waals surface area (Å²) in [6.45, 7) is 5.71. The van der Waals surface area contributed by atoms with Crippen LogP contribution in [-0.2, 0) is 0 Å². The van der Waals surface area contributed by atoms with Gasteiger partial charge in [-0.25, -0.2) is 8.78 Å². The smallest absolute Gasteiger partial charge is 0.160 e. The predicted molar refractivity (Wildman–Crippen MR) is 67.9 cm³/mol. The lowest BCUT2D eigenvalue weighted by atomic mass is 9.92. The van der Waals surface area contributed by atoms with Crippen molar-refractivity contribution in [2.75, 3.05) is 0 Å². The molecule has 1 N–H and O–H groups in total. The van der Waals surface area contributed by atoms with Gasteiger partial charge in [-0.2, -0.15) is 0 Å². The Morgan fingerprint density at radius 1 is 1.33 bits per heavy atom. The molecule has 0 aliphatic rings. The predicted octanol–water partition coefficient (Wildman–Crippen LogP) is 3.50. The Morgan fingerprint density at radius 2 is 2.00 bits per heavy atom. The maximum atomic E-state index is 13.0. The van der Waals surface area contributed by atoms with Gasteiger partial charge < -0.3 is 5.11 Å². The molecule has 1 aromatic carbocycles. The van der Waals surface area contributed by atoms with Crippen LogP contribution in [-0.4, -0.2) is 10.7 Å². The molecule has 0 aromatic heterocycles. The van der Waals surface area contributed by atoms with Crippen LogP contribution >= 0.6 is 0 Å². The molecule has 0 bridgehead atoms. The molecule has 0 heterocycles. The maximum Gasteiger partial charge on any atom is 0.160 e. The molecular weight excluding hydrogens is 234 g/mol. The number of benzene rings is 1. The fourth-order valence-electron chi connectivity index (χ4n) is 1.65. The standard InChI is InChI=1S/C15H18F2O/c1-4-11(2)10-15(3,18)8-7-12-5-6-13(16)14(17)9-12/h5-6,9,11,18H,4,10H2,1-3H3. The number of aliphatic hydroxyl groups is 1. The van der Waals surface area contributed by atoms with Gasteiger partial charge in [-0.3, -0.25) is 0 Å². The summed E-state index contributed by atoms with van der Waals surface area (Å²) in [7, 11) is 0. The molecule has 1 rings (SSSR count). The molecule has 2 unspecified atom stereocenters. The molecule has 2 atom stereocenters. The zero-order chi connectivity index (χ0) is 13.8. The van der Waals surface area contributed by atoms with Crippen molar-refractivity contribution in [3.8, 4) is 11.8 Å². The Morgan fingerprint density at radius 3 is 2.56 bits per heavy atom. The average Bonchev–Trinajstić information content (AvgIpc) is 2.30. The highest BCUT2D eigenvalue weighted by atomic mass is 19.2. The first-order valence-corrected chi connectivity index (χ1v) is 6.04. The Kier molecular flexibility index (Phi) is 4.86. The number of halogens is 2. The first-order valence-electron chi connectivity index (χ1n) is 6.04.